The molecular weight excluding hydrogens is 435 g/mol. The molecule has 1 fully saturated rings. The number of carbonyl (C=O) groups is 1. The van der Waals surface area contributed by atoms with Gasteiger partial charge in [0.25, 0.3) is 5.91 Å². The molecule has 1 aliphatic rings. The van der Waals surface area contributed by atoms with Crippen molar-refractivity contribution in [1.82, 2.24) is 30.4 Å². The Kier molecular flexibility index (Phi) is 6.59. The number of amides is 1. The van der Waals surface area contributed by atoms with E-state index < -0.39 is 18.1 Å². The molecule has 2 atom stereocenters. The zero-order valence-electron chi connectivity index (χ0n) is 18.6. The Hall–Kier alpha value is -3.08. The van der Waals surface area contributed by atoms with Crippen LogP contribution in [0.3, 0.4) is 0 Å². The van der Waals surface area contributed by atoms with E-state index in [0.29, 0.717) is 13.0 Å². The van der Waals surface area contributed by atoms with E-state index in [1.807, 2.05) is 37.4 Å². The summed E-state index contributed by atoms with van der Waals surface area (Å²) in [6, 6.07) is 6.26. The van der Waals surface area contributed by atoms with Crippen molar-refractivity contribution in [1.29, 1.82) is 0 Å². The number of piperazine rings is 1. The maximum Gasteiger partial charge on any atom is 0.405 e. The van der Waals surface area contributed by atoms with Crippen molar-refractivity contribution in [2.24, 2.45) is 0 Å². The van der Waals surface area contributed by atoms with Gasteiger partial charge in [0.1, 0.15) is 6.04 Å². The summed E-state index contributed by atoms with van der Waals surface area (Å²) in [6.07, 6.45) is -0.0838. The Morgan fingerprint density at radius 3 is 2.85 bits per heavy atom. The van der Waals surface area contributed by atoms with Gasteiger partial charge in [-0.1, -0.05) is 31.5 Å². The number of anilines is 1. The van der Waals surface area contributed by atoms with Crippen LogP contribution >= 0.6 is 0 Å². The van der Waals surface area contributed by atoms with E-state index in [1.54, 1.807) is 0 Å². The van der Waals surface area contributed by atoms with E-state index >= 15 is 0 Å². The predicted octanol–water partition coefficient (Wildman–Crippen LogP) is 3.11. The second-order valence-electron chi connectivity index (χ2n) is 8.49. The monoisotopic (exact) mass is 463 g/mol. The van der Waals surface area contributed by atoms with Crippen molar-refractivity contribution in [2.75, 3.05) is 31.6 Å². The van der Waals surface area contributed by atoms with Crippen LogP contribution < -0.4 is 10.2 Å². The summed E-state index contributed by atoms with van der Waals surface area (Å²) in [5.41, 5.74) is 2.15. The van der Waals surface area contributed by atoms with Gasteiger partial charge in [0.2, 0.25) is 11.8 Å². The van der Waals surface area contributed by atoms with Crippen LogP contribution in [0.25, 0.3) is 10.9 Å². The minimum atomic E-state index is -4.35. The predicted molar refractivity (Wildman–Crippen MR) is 119 cm³/mol. The first-order valence-corrected chi connectivity index (χ1v) is 11.1. The number of nitrogens with one attached hydrogen (secondary N) is 3. The Labute approximate surface area is 189 Å². The maximum atomic E-state index is 13.3. The summed E-state index contributed by atoms with van der Waals surface area (Å²) in [7, 11) is 1.45. The standard InChI is InChI=1S/C22H28F3N7O/c1-3-6-15(11-14-12-26-17-8-5-4-7-16(14)17)27-20(33)19-28-21(30-29-19)32-10-9-31(2)18(13-32)22(23,24)25/h4-5,7-8,12,15,18,26H,3,6,9-11,13H2,1-2H3,(H,27,33)(H,28,29,30). The molecule has 1 aromatic carbocycles. The number of benzene rings is 1. The molecule has 2 aromatic heterocycles. The fraction of sp³-hybridized carbons (Fsp3) is 0.500. The highest BCUT2D eigenvalue weighted by molar-refractivity contribution is 5.91. The van der Waals surface area contributed by atoms with Gasteiger partial charge in [-0.25, -0.2) is 0 Å². The number of likely N-dealkylation sites (N-methyl/N-ethyl adjacent to an activating group) is 1. The highest BCUT2D eigenvalue weighted by atomic mass is 19.4. The number of hydrogen-bond acceptors (Lipinski definition) is 5. The van der Waals surface area contributed by atoms with Gasteiger partial charge in [0.05, 0.1) is 0 Å². The van der Waals surface area contributed by atoms with Crippen molar-refractivity contribution in [3.05, 3.63) is 41.9 Å². The minimum Gasteiger partial charge on any atom is -0.361 e. The van der Waals surface area contributed by atoms with E-state index in [0.717, 1.165) is 29.3 Å². The van der Waals surface area contributed by atoms with Gasteiger partial charge in [0, 0.05) is 42.8 Å². The lowest BCUT2D eigenvalue weighted by Gasteiger charge is -2.39. The molecule has 33 heavy (non-hydrogen) atoms. The molecule has 0 aliphatic carbocycles. The van der Waals surface area contributed by atoms with Crippen molar-refractivity contribution in [2.45, 2.75) is 44.4 Å². The first-order valence-electron chi connectivity index (χ1n) is 11.1. The number of nitrogens with zero attached hydrogens (tertiary/aromatic N) is 4. The molecular formula is C22H28F3N7O. The molecule has 11 heteroatoms. The molecule has 0 bridgehead atoms. The molecule has 3 heterocycles. The Morgan fingerprint density at radius 1 is 1.30 bits per heavy atom. The Bertz CT molecular complexity index is 1090. The van der Waals surface area contributed by atoms with Gasteiger partial charge in [-0.15, -0.1) is 5.10 Å². The number of H-pyrrole nitrogens is 2. The van der Waals surface area contributed by atoms with Crippen LogP contribution in [-0.2, 0) is 6.42 Å². The summed E-state index contributed by atoms with van der Waals surface area (Å²) in [5, 5.41) is 10.7. The van der Waals surface area contributed by atoms with E-state index in [4.69, 9.17) is 0 Å². The number of carbonyl (C=O) groups excluding carboxylic acids is 1. The van der Waals surface area contributed by atoms with Crippen molar-refractivity contribution < 1.29 is 18.0 Å². The van der Waals surface area contributed by atoms with Crippen molar-refractivity contribution in [3.63, 3.8) is 0 Å². The van der Waals surface area contributed by atoms with E-state index in [-0.39, 0.29) is 30.9 Å². The lowest BCUT2D eigenvalue weighted by atomic mass is 10.0. The van der Waals surface area contributed by atoms with Crippen LogP contribution in [0.2, 0.25) is 0 Å². The highest BCUT2D eigenvalue weighted by Crippen LogP contribution is 2.28. The molecule has 4 rings (SSSR count). The number of halogens is 3. The smallest absolute Gasteiger partial charge is 0.361 e. The van der Waals surface area contributed by atoms with Gasteiger partial charge in [-0.05, 0) is 31.5 Å². The zero-order chi connectivity index (χ0) is 23.6. The largest absolute Gasteiger partial charge is 0.405 e. The molecule has 3 N–H and O–H groups in total. The minimum absolute atomic E-state index is 0.00693. The fourth-order valence-electron chi connectivity index (χ4n) is 4.30. The van der Waals surface area contributed by atoms with Crippen molar-refractivity contribution >= 4 is 22.8 Å². The van der Waals surface area contributed by atoms with Gasteiger partial charge in [0.15, 0.2) is 0 Å². The molecule has 0 spiro atoms. The summed E-state index contributed by atoms with van der Waals surface area (Å²) < 4.78 is 39.9. The van der Waals surface area contributed by atoms with Gasteiger partial charge in [-0.3, -0.25) is 14.8 Å². The fourth-order valence-corrected chi connectivity index (χ4v) is 4.30. The van der Waals surface area contributed by atoms with Crippen LogP contribution in [0, 0.1) is 0 Å². The van der Waals surface area contributed by atoms with Crippen LogP contribution in [0.5, 0.6) is 0 Å². The highest BCUT2D eigenvalue weighted by Gasteiger charge is 2.45. The second-order valence-corrected chi connectivity index (χ2v) is 8.49. The zero-order valence-corrected chi connectivity index (χ0v) is 18.6. The lowest BCUT2D eigenvalue weighted by Crippen LogP contribution is -2.57. The number of fused-ring (bicyclic) bond motifs is 1. The average molecular weight is 464 g/mol. The number of aromatic amines is 2. The molecule has 8 nitrogen and oxygen atoms in total. The molecule has 3 aromatic rings. The third kappa shape index (κ3) is 5.13. The molecule has 1 aliphatic heterocycles. The average Bonchev–Trinajstić information content (AvgIpc) is 3.41. The van der Waals surface area contributed by atoms with Crippen molar-refractivity contribution in [3.8, 4) is 0 Å². The van der Waals surface area contributed by atoms with Gasteiger partial charge in [-0.2, -0.15) is 18.2 Å². The molecule has 2 unspecified atom stereocenters. The summed E-state index contributed by atoms with van der Waals surface area (Å²) in [4.78, 5) is 23.0. The lowest BCUT2D eigenvalue weighted by molar-refractivity contribution is -0.180. The number of aromatic nitrogens is 4. The molecule has 1 saturated heterocycles. The van der Waals surface area contributed by atoms with Gasteiger partial charge < -0.3 is 15.2 Å². The summed E-state index contributed by atoms with van der Waals surface area (Å²) in [6.45, 7) is 2.34. The molecule has 178 valence electrons. The Morgan fingerprint density at radius 2 is 2.09 bits per heavy atom. The number of alkyl halides is 3. The molecule has 0 radical (unpaired) electrons. The van der Waals surface area contributed by atoms with E-state index in [2.05, 4.69) is 25.5 Å². The van der Waals surface area contributed by atoms with Crippen LogP contribution in [0.4, 0.5) is 19.1 Å². The number of rotatable bonds is 7. The molecule has 1 amide bonds. The third-order valence-electron chi connectivity index (χ3n) is 6.11. The summed E-state index contributed by atoms with van der Waals surface area (Å²) in [5.74, 6) is -0.327. The van der Waals surface area contributed by atoms with Gasteiger partial charge >= 0.3 is 6.18 Å². The topological polar surface area (TPSA) is 92.9 Å². The third-order valence-corrected chi connectivity index (χ3v) is 6.11. The van der Waals surface area contributed by atoms with Crippen LogP contribution in [-0.4, -0.2) is 75.9 Å². The first-order chi connectivity index (χ1) is 15.8. The quantitative estimate of drug-likeness (QED) is 0.501. The maximum absolute atomic E-state index is 13.3. The normalized spacial score (nSPS) is 18.6. The first kappa shape index (κ1) is 23.1. The SMILES string of the molecule is CCCC(Cc1c[nH]c2ccccc12)NC(=O)c1nc(N2CCN(C)C(C(F)(F)F)C2)n[nH]1. The molecule has 0 saturated carbocycles. The number of hydrogen-bond donors (Lipinski definition) is 3. The Balaban J connectivity index is 1.43. The second kappa shape index (κ2) is 9.42. The van der Waals surface area contributed by atoms with E-state index in [9.17, 15) is 18.0 Å². The van der Waals surface area contributed by atoms with Crippen LogP contribution in [0.15, 0.2) is 30.5 Å². The van der Waals surface area contributed by atoms with Crippen LogP contribution in [0.1, 0.15) is 35.9 Å². The summed E-state index contributed by atoms with van der Waals surface area (Å²) >= 11 is 0. The van der Waals surface area contributed by atoms with E-state index in [1.165, 1.54) is 16.8 Å². The number of para-hydroxylation sites is 1.